The summed E-state index contributed by atoms with van der Waals surface area (Å²) in [7, 11) is 0. The number of aryl methyl sites for hydroxylation is 1. The molecule has 6 heterocycles. The van der Waals surface area contributed by atoms with E-state index in [-0.39, 0.29) is 53.2 Å². The van der Waals surface area contributed by atoms with Crippen LogP contribution in [-0.2, 0) is 11.3 Å². The highest BCUT2D eigenvalue weighted by Crippen LogP contribution is 2.32. The number of ether oxygens (including phenoxy) is 1. The Kier molecular flexibility index (Phi) is 6.81. The second-order valence-corrected chi connectivity index (χ2v) is 9.32. The first kappa shape index (κ1) is 26.0. The molecule has 204 valence electrons. The van der Waals surface area contributed by atoms with Gasteiger partial charge in [0.15, 0.2) is 17.3 Å². The van der Waals surface area contributed by atoms with Crippen LogP contribution < -0.4 is 11.5 Å². The van der Waals surface area contributed by atoms with Crippen molar-refractivity contribution in [3.63, 3.8) is 0 Å². The molecule has 2 aliphatic rings. The first-order valence-electron chi connectivity index (χ1n) is 11.9. The Balaban J connectivity index is 0.000000204. The number of nitrogen functional groups attached to an aromatic ring is 2. The van der Waals surface area contributed by atoms with Crippen molar-refractivity contribution in [1.29, 1.82) is 0 Å². The summed E-state index contributed by atoms with van der Waals surface area (Å²) in [6, 6.07) is 3.38. The van der Waals surface area contributed by atoms with Gasteiger partial charge in [-0.2, -0.15) is 4.98 Å². The van der Waals surface area contributed by atoms with Crippen molar-refractivity contribution in [2.24, 2.45) is 0 Å². The lowest BCUT2D eigenvalue weighted by Gasteiger charge is -2.41. The first-order chi connectivity index (χ1) is 18.0. The fraction of sp³-hybridized carbons (Fsp3) is 0.478. The van der Waals surface area contributed by atoms with Gasteiger partial charge in [-0.1, -0.05) is 0 Å². The summed E-state index contributed by atoms with van der Waals surface area (Å²) in [6.45, 7) is 3.06. The molecule has 0 aliphatic carbocycles. The van der Waals surface area contributed by atoms with Gasteiger partial charge in [-0.05, 0) is 32.0 Å². The van der Waals surface area contributed by atoms with Crippen LogP contribution in [0.5, 0.6) is 0 Å². The van der Waals surface area contributed by atoms with Crippen molar-refractivity contribution >= 4 is 28.4 Å². The highest BCUT2D eigenvalue weighted by Gasteiger charge is 2.39. The average molecular weight is 540 g/mol. The molecule has 6 rings (SSSR count). The molecule has 10 nitrogen and oxygen atoms in total. The SMILES string of the molecule is Cc1nc2ccc(-c3c(F)cn4nc(N)nc(N)c34)nc2n1CC(F)F.FC1(F)CCCN(C2COC2)C1. The molecule has 38 heavy (non-hydrogen) atoms. The second kappa shape index (κ2) is 9.94. The zero-order chi connectivity index (χ0) is 27.2. The van der Waals surface area contributed by atoms with Crippen molar-refractivity contribution in [1.82, 2.24) is 34.0 Å². The number of likely N-dealkylation sites (tertiary alicyclic amines) is 1. The summed E-state index contributed by atoms with van der Waals surface area (Å²) < 4.78 is 73.5. The van der Waals surface area contributed by atoms with Crippen LogP contribution in [0.1, 0.15) is 18.7 Å². The topological polar surface area (TPSA) is 125 Å². The van der Waals surface area contributed by atoms with Gasteiger partial charge in [-0.25, -0.2) is 36.4 Å². The van der Waals surface area contributed by atoms with Gasteiger partial charge in [0.25, 0.3) is 12.3 Å². The predicted molar refractivity (Wildman–Crippen MR) is 129 cm³/mol. The predicted octanol–water partition coefficient (Wildman–Crippen LogP) is 3.13. The lowest BCUT2D eigenvalue weighted by molar-refractivity contribution is -0.126. The van der Waals surface area contributed by atoms with Crippen LogP contribution in [0.3, 0.4) is 0 Å². The number of piperidine rings is 1. The summed E-state index contributed by atoms with van der Waals surface area (Å²) >= 11 is 0. The highest BCUT2D eigenvalue weighted by molar-refractivity contribution is 5.88. The molecule has 0 radical (unpaired) electrons. The van der Waals surface area contributed by atoms with E-state index in [9.17, 15) is 22.0 Å². The molecule has 0 spiro atoms. The number of nitrogens with zero attached hydrogens (tertiary/aromatic N) is 7. The summed E-state index contributed by atoms with van der Waals surface area (Å²) in [5.41, 5.74) is 12.5. The third-order valence-electron chi connectivity index (χ3n) is 6.55. The number of aromatic nitrogens is 6. The minimum Gasteiger partial charge on any atom is -0.382 e. The number of nitrogens with two attached hydrogens (primary N) is 2. The Hall–Kier alpha value is -3.59. The van der Waals surface area contributed by atoms with Gasteiger partial charge in [-0.3, -0.25) is 4.90 Å². The Morgan fingerprint density at radius 2 is 1.92 bits per heavy atom. The fourth-order valence-electron chi connectivity index (χ4n) is 4.69. The van der Waals surface area contributed by atoms with Crippen LogP contribution in [0.15, 0.2) is 18.3 Å². The first-order valence-corrected chi connectivity index (χ1v) is 11.9. The molecule has 0 bridgehead atoms. The van der Waals surface area contributed by atoms with E-state index >= 15 is 0 Å². The fourth-order valence-corrected chi connectivity index (χ4v) is 4.69. The number of hydrogen-bond acceptors (Lipinski definition) is 8. The zero-order valence-corrected chi connectivity index (χ0v) is 20.4. The molecule has 4 aromatic rings. The van der Waals surface area contributed by atoms with E-state index in [0.717, 1.165) is 12.7 Å². The van der Waals surface area contributed by atoms with Gasteiger partial charge in [0.05, 0.1) is 49.8 Å². The number of imidazole rings is 1. The highest BCUT2D eigenvalue weighted by atomic mass is 19.3. The molecule has 4 aromatic heterocycles. The van der Waals surface area contributed by atoms with Gasteiger partial charge in [0.2, 0.25) is 5.95 Å². The van der Waals surface area contributed by atoms with Crippen LogP contribution in [0.4, 0.5) is 33.7 Å². The second-order valence-electron chi connectivity index (χ2n) is 9.32. The maximum Gasteiger partial charge on any atom is 0.260 e. The molecular formula is C23H26F5N9O. The number of anilines is 2. The zero-order valence-electron chi connectivity index (χ0n) is 20.4. The maximum absolute atomic E-state index is 14.6. The van der Waals surface area contributed by atoms with E-state index in [1.807, 2.05) is 4.90 Å². The van der Waals surface area contributed by atoms with Crippen LogP contribution in [0.25, 0.3) is 27.9 Å². The van der Waals surface area contributed by atoms with Gasteiger partial charge < -0.3 is 20.8 Å². The van der Waals surface area contributed by atoms with Crippen LogP contribution >= 0.6 is 0 Å². The van der Waals surface area contributed by atoms with Crippen LogP contribution in [-0.4, -0.2) is 78.7 Å². The third-order valence-corrected chi connectivity index (χ3v) is 6.55. The minimum atomic E-state index is -2.57. The quantitative estimate of drug-likeness (QED) is 0.379. The van der Waals surface area contributed by atoms with Crippen molar-refractivity contribution in [3.05, 3.63) is 30.0 Å². The molecule has 0 aromatic carbocycles. The summed E-state index contributed by atoms with van der Waals surface area (Å²) in [5, 5.41) is 3.89. The van der Waals surface area contributed by atoms with E-state index < -0.39 is 24.7 Å². The maximum atomic E-state index is 14.6. The van der Waals surface area contributed by atoms with Crippen molar-refractivity contribution in [2.75, 3.05) is 37.8 Å². The lowest BCUT2D eigenvalue weighted by atomic mass is 10.0. The Morgan fingerprint density at radius 1 is 1.16 bits per heavy atom. The number of halogens is 5. The molecule has 15 heteroatoms. The molecule has 2 aliphatic heterocycles. The van der Waals surface area contributed by atoms with Gasteiger partial charge in [0, 0.05) is 6.42 Å². The number of pyridine rings is 1. The summed E-state index contributed by atoms with van der Waals surface area (Å²) in [5.74, 6) is -2.84. The van der Waals surface area contributed by atoms with Gasteiger partial charge in [0.1, 0.15) is 16.9 Å². The molecule has 0 atom stereocenters. The molecule has 0 amide bonds. The Morgan fingerprint density at radius 3 is 2.58 bits per heavy atom. The molecule has 0 unspecified atom stereocenters. The molecule has 2 fully saturated rings. The third kappa shape index (κ3) is 5.07. The number of fused-ring (bicyclic) bond motifs is 2. The monoisotopic (exact) mass is 539 g/mol. The number of rotatable bonds is 4. The molecule has 2 saturated heterocycles. The van der Waals surface area contributed by atoms with Crippen molar-refractivity contribution in [3.8, 4) is 11.3 Å². The van der Waals surface area contributed by atoms with Crippen LogP contribution in [0.2, 0.25) is 0 Å². The standard InChI is InChI=1S/C15H13F3N8.C8H13F2NO/c1-6-21-9-3-2-8(22-14(9)25(6)5-10(17)18)11-7(16)4-26-12(11)13(19)23-15(20)24-26;9-8(10)2-1-3-11(6-8)7-4-12-5-7/h2-4,10H,5H2,1H3,(H4,19,20,23,24);7H,1-6H2. The van der Waals surface area contributed by atoms with Crippen LogP contribution in [0, 0.1) is 12.7 Å². The molecular weight excluding hydrogens is 513 g/mol. The van der Waals surface area contributed by atoms with E-state index in [1.54, 1.807) is 13.0 Å². The lowest BCUT2D eigenvalue weighted by Crippen LogP contribution is -2.55. The molecule has 0 saturated carbocycles. The Bertz CT molecular complexity index is 1470. The van der Waals surface area contributed by atoms with E-state index in [4.69, 9.17) is 16.2 Å². The number of alkyl halides is 4. The Labute approximate surface area is 213 Å². The summed E-state index contributed by atoms with van der Waals surface area (Å²) in [4.78, 5) is 14.2. The van der Waals surface area contributed by atoms with E-state index in [0.29, 0.717) is 31.0 Å². The van der Waals surface area contributed by atoms with E-state index in [1.165, 1.54) is 15.1 Å². The largest absolute Gasteiger partial charge is 0.382 e. The average Bonchev–Trinajstić information content (AvgIpc) is 3.27. The smallest absolute Gasteiger partial charge is 0.260 e. The van der Waals surface area contributed by atoms with E-state index in [2.05, 4.69) is 20.1 Å². The van der Waals surface area contributed by atoms with Crippen molar-refractivity contribution < 1.29 is 26.7 Å². The number of hydrogen-bond donors (Lipinski definition) is 2. The van der Waals surface area contributed by atoms with Gasteiger partial charge in [-0.15, -0.1) is 5.10 Å². The minimum absolute atomic E-state index is 0.0180. The normalized spacial score (nSPS) is 18.1. The van der Waals surface area contributed by atoms with Crippen molar-refractivity contribution in [2.45, 2.75) is 44.7 Å². The molecule has 4 N–H and O–H groups in total. The summed E-state index contributed by atoms with van der Waals surface area (Å²) in [6.07, 6.45) is -0.802. The van der Waals surface area contributed by atoms with Gasteiger partial charge >= 0.3 is 0 Å².